The summed E-state index contributed by atoms with van der Waals surface area (Å²) in [4.78, 5) is 28.7. The monoisotopic (exact) mass is 467 g/mol. The number of fused-ring (bicyclic) bond motifs is 1. The van der Waals surface area contributed by atoms with Crippen LogP contribution < -0.4 is 0 Å². The molecule has 2 aromatic rings. The molecule has 174 valence electrons. The standard InChI is InChI=1S/C25H29N3O4S/c1-4-32-25(30)22-20-7-5-6-8-21(20)33-24(22)28-16(2)13-18(17(28)3)14-19(15-26)23(29)27-9-11-31-12-10-27/h13-14H,4-12H2,1-3H3/b19-14+. The smallest absolute Gasteiger partial charge is 0.341 e. The maximum absolute atomic E-state index is 12.9. The molecule has 0 unspecified atom stereocenters. The minimum Gasteiger partial charge on any atom is -0.462 e. The van der Waals surface area contributed by atoms with Crippen molar-refractivity contribution < 1.29 is 19.1 Å². The van der Waals surface area contributed by atoms with Crippen molar-refractivity contribution in [2.75, 3.05) is 32.9 Å². The van der Waals surface area contributed by atoms with E-state index in [2.05, 4.69) is 10.6 Å². The van der Waals surface area contributed by atoms with Crippen LogP contribution in [0.5, 0.6) is 0 Å². The van der Waals surface area contributed by atoms with Crippen LogP contribution in [0.2, 0.25) is 0 Å². The summed E-state index contributed by atoms with van der Waals surface area (Å²) in [6, 6.07) is 4.04. The molecule has 1 saturated heterocycles. The second-order valence-corrected chi connectivity index (χ2v) is 9.43. The molecule has 2 aromatic heterocycles. The van der Waals surface area contributed by atoms with Crippen molar-refractivity contribution in [1.29, 1.82) is 5.26 Å². The zero-order chi connectivity index (χ0) is 23.5. The molecule has 4 rings (SSSR count). The molecule has 1 amide bonds. The molecule has 3 heterocycles. The van der Waals surface area contributed by atoms with Crippen molar-refractivity contribution in [2.45, 2.75) is 46.5 Å². The van der Waals surface area contributed by atoms with E-state index in [0.717, 1.165) is 53.2 Å². The fraction of sp³-hybridized carbons (Fsp3) is 0.480. The molecule has 7 nitrogen and oxygen atoms in total. The molecule has 0 spiro atoms. The van der Waals surface area contributed by atoms with E-state index in [4.69, 9.17) is 9.47 Å². The van der Waals surface area contributed by atoms with E-state index in [1.54, 1.807) is 22.3 Å². The molecule has 0 N–H and O–H groups in total. The fourth-order valence-corrected chi connectivity index (χ4v) is 6.09. The van der Waals surface area contributed by atoms with Gasteiger partial charge >= 0.3 is 5.97 Å². The van der Waals surface area contributed by atoms with Crippen molar-refractivity contribution >= 4 is 29.3 Å². The maximum Gasteiger partial charge on any atom is 0.341 e. The number of aromatic nitrogens is 1. The van der Waals surface area contributed by atoms with Crippen LogP contribution in [-0.4, -0.2) is 54.3 Å². The number of amides is 1. The highest BCUT2D eigenvalue weighted by Gasteiger charge is 2.29. The Bertz CT molecular complexity index is 1150. The minimum absolute atomic E-state index is 0.105. The Morgan fingerprint density at radius 2 is 1.97 bits per heavy atom. The Labute approximate surface area is 198 Å². The van der Waals surface area contributed by atoms with Crippen LogP contribution in [0.1, 0.15) is 57.5 Å². The van der Waals surface area contributed by atoms with Crippen molar-refractivity contribution in [1.82, 2.24) is 9.47 Å². The van der Waals surface area contributed by atoms with E-state index in [0.29, 0.717) is 38.5 Å². The van der Waals surface area contributed by atoms with E-state index in [-0.39, 0.29) is 17.4 Å². The molecular formula is C25H29N3O4S. The number of carbonyl (C=O) groups excluding carboxylic acids is 2. The Hall–Kier alpha value is -2.89. The number of hydrogen-bond acceptors (Lipinski definition) is 6. The fourth-order valence-electron chi connectivity index (χ4n) is 4.60. The number of nitrogens with zero attached hydrogens (tertiary/aromatic N) is 3. The largest absolute Gasteiger partial charge is 0.462 e. The molecule has 0 saturated carbocycles. The zero-order valence-electron chi connectivity index (χ0n) is 19.4. The van der Waals surface area contributed by atoms with Gasteiger partial charge < -0.3 is 18.9 Å². The number of thiophene rings is 1. The van der Waals surface area contributed by atoms with E-state index in [9.17, 15) is 14.9 Å². The van der Waals surface area contributed by atoms with Crippen LogP contribution in [-0.2, 0) is 27.1 Å². The number of esters is 1. The first-order chi connectivity index (χ1) is 16.0. The average molecular weight is 468 g/mol. The van der Waals surface area contributed by atoms with Gasteiger partial charge in [-0.1, -0.05) is 0 Å². The Kier molecular flexibility index (Phi) is 7.01. The molecule has 0 bridgehead atoms. The lowest BCUT2D eigenvalue weighted by molar-refractivity contribution is -0.130. The minimum atomic E-state index is -0.281. The SMILES string of the molecule is CCOC(=O)c1c(-n2c(C)cc(/C=C(\C#N)C(=O)N3CCOCC3)c2C)sc2c1CCCC2. The van der Waals surface area contributed by atoms with Crippen molar-refractivity contribution in [3.63, 3.8) is 0 Å². The Morgan fingerprint density at radius 1 is 1.24 bits per heavy atom. The first-order valence-corrected chi connectivity index (χ1v) is 12.3. The number of rotatable bonds is 5. The predicted octanol–water partition coefficient (Wildman–Crippen LogP) is 3.98. The van der Waals surface area contributed by atoms with E-state index in [1.165, 1.54) is 4.88 Å². The number of aryl methyl sites for hydroxylation is 2. The van der Waals surface area contributed by atoms with E-state index in [1.807, 2.05) is 26.8 Å². The number of morpholine rings is 1. The summed E-state index contributed by atoms with van der Waals surface area (Å²) in [5, 5.41) is 10.6. The van der Waals surface area contributed by atoms with Crippen LogP contribution in [0, 0.1) is 25.2 Å². The second kappa shape index (κ2) is 9.94. The number of carbonyl (C=O) groups is 2. The van der Waals surface area contributed by atoms with Gasteiger partial charge in [-0.2, -0.15) is 5.26 Å². The maximum atomic E-state index is 12.9. The van der Waals surface area contributed by atoms with E-state index >= 15 is 0 Å². The van der Waals surface area contributed by atoms with Crippen LogP contribution in [0.3, 0.4) is 0 Å². The summed E-state index contributed by atoms with van der Waals surface area (Å²) in [5.74, 6) is -0.555. The third kappa shape index (κ3) is 4.48. The first kappa shape index (κ1) is 23.3. The van der Waals surface area contributed by atoms with Gasteiger partial charge in [0.25, 0.3) is 5.91 Å². The van der Waals surface area contributed by atoms with Crippen LogP contribution in [0.15, 0.2) is 11.6 Å². The van der Waals surface area contributed by atoms with Gasteiger partial charge in [-0.15, -0.1) is 11.3 Å². The molecule has 33 heavy (non-hydrogen) atoms. The summed E-state index contributed by atoms with van der Waals surface area (Å²) in [6.45, 7) is 8.03. The zero-order valence-corrected chi connectivity index (χ0v) is 20.2. The molecule has 0 radical (unpaired) electrons. The van der Waals surface area contributed by atoms with Gasteiger partial charge in [-0.25, -0.2) is 4.79 Å². The quantitative estimate of drug-likeness (QED) is 0.377. The van der Waals surface area contributed by atoms with E-state index < -0.39 is 0 Å². The highest BCUT2D eigenvalue weighted by atomic mass is 32.1. The topological polar surface area (TPSA) is 84.6 Å². The third-order valence-electron chi connectivity index (χ3n) is 6.25. The lowest BCUT2D eigenvalue weighted by atomic mass is 9.95. The van der Waals surface area contributed by atoms with Gasteiger partial charge in [0.2, 0.25) is 0 Å². The summed E-state index contributed by atoms with van der Waals surface area (Å²) < 4.78 is 12.8. The van der Waals surface area contributed by atoms with Crippen molar-refractivity contribution in [3.05, 3.63) is 44.6 Å². The summed E-state index contributed by atoms with van der Waals surface area (Å²) in [6.07, 6.45) is 5.72. The summed E-state index contributed by atoms with van der Waals surface area (Å²) >= 11 is 1.65. The number of hydrogen-bond donors (Lipinski definition) is 0. The van der Waals surface area contributed by atoms with Crippen molar-refractivity contribution in [3.8, 4) is 11.1 Å². The van der Waals surface area contributed by atoms with Gasteiger partial charge in [-0.05, 0) is 69.7 Å². The summed E-state index contributed by atoms with van der Waals surface area (Å²) in [5.41, 5.74) is 4.52. The lowest BCUT2D eigenvalue weighted by Crippen LogP contribution is -2.41. The molecule has 1 aliphatic heterocycles. The molecule has 8 heteroatoms. The Balaban J connectivity index is 1.76. The highest BCUT2D eigenvalue weighted by molar-refractivity contribution is 7.15. The van der Waals surface area contributed by atoms with Gasteiger partial charge in [-0.3, -0.25) is 4.79 Å². The normalized spacial score (nSPS) is 16.3. The number of ether oxygens (including phenoxy) is 2. The molecule has 2 aliphatic rings. The third-order valence-corrected chi connectivity index (χ3v) is 7.53. The average Bonchev–Trinajstić information content (AvgIpc) is 3.33. The van der Waals surface area contributed by atoms with Gasteiger partial charge in [0, 0.05) is 29.4 Å². The van der Waals surface area contributed by atoms with Gasteiger partial charge in [0.15, 0.2) is 0 Å². The molecule has 0 atom stereocenters. The first-order valence-electron chi connectivity index (χ1n) is 11.5. The lowest BCUT2D eigenvalue weighted by Gasteiger charge is -2.26. The predicted molar refractivity (Wildman–Crippen MR) is 127 cm³/mol. The van der Waals surface area contributed by atoms with Crippen LogP contribution in [0.4, 0.5) is 0 Å². The van der Waals surface area contributed by atoms with Crippen LogP contribution in [0.25, 0.3) is 11.1 Å². The van der Waals surface area contributed by atoms with Crippen molar-refractivity contribution in [2.24, 2.45) is 0 Å². The molecular weight excluding hydrogens is 438 g/mol. The van der Waals surface area contributed by atoms with Crippen LogP contribution >= 0.6 is 11.3 Å². The molecule has 0 aromatic carbocycles. The highest BCUT2D eigenvalue weighted by Crippen LogP contribution is 2.39. The second-order valence-electron chi connectivity index (χ2n) is 8.35. The molecule has 1 aliphatic carbocycles. The van der Waals surface area contributed by atoms with Gasteiger partial charge in [0.05, 0.1) is 25.4 Å². The summed E-state index contributed by atoms with van der Waals surface area (Å²) in [7, 11) is 0. The Morgan fingerprint density at radius 3 is 2.67 bits per heavy atom. The molecule has 1 fully saturated rings. The van der Waals surface area contributed by atoms with Gasteiger partial charge in [0.1, 0.15) is 16.6 Å². The number of nitriles is 1.